The molecule has 2 rings (SSSR count). The second-order valence-corrected chi connectivity index (χ2v) is 4.69. The van der Waals surface area contributed by atoms with E-state index in [0.717, 1.165) is 13.0 Å². The molecule has 0 fully saturated rings. The SMILES string of the molecule is Cc1cccc(CCNc2ncc(Cl)cc2N)c1. The fourth-order valence-corrected chi connectivity index (χ4v) is 1.96. The van der Waals surface area contributed by atoms with Gasteiger partial charge in [0, 0.05) is 12.7 Å². The highest BCUT2D eigenvalue weighted by Gasteiger charge is 2.01. The van der Waals surface area contributed by atoms with Gasteiger partial charge in [0.2, 0.25) is 0 Å². The minimum Gasteiger partial charge on any atom is -0.396 e. The summed E-state index contributed by atoms with van der Waals surface area (Å²) in [5.41, 5.74) is 8.97. The number of hydrogen-bond acceptors (Lipinski definition) is 3. The van der Waals surface area contributed by atoms with Crippen LogP contribution in [0.1, 0.15) is 11.1 Å². The fraction of sp³-hybridized carbons (Fsp3) is 0.214. The van der Waals surface area contributed by atoms with Gasteiger partial charge in [-0.05, 0) is 25.0 Å². The standard InChI is InChI=1S/C14H16ClN3/c1-10-3-2-4-11(7-10)5-6-17-14-13(16)8-12(15)9-18-14/h2-4,7-9H,5-6,16H2,1H3,(H,17,18). The van der Waals surface area contributed by atoms with Gasteiger partial charge < -0.3 is 11.1 Å². The van der Waals surface area contributed by atoms with E-state index >= 15 is 0 Å². The topological polar surface area (TPSA) is 50.9 Å². The van der Waals surface area contributed by atoms with Crippen LogP contribution in [0.5, 0.6) is 0 Å². The molecule has 0 saturated heterocycles. The van der Waals surface area contributed by atoms with Crippen LogP contribution < -0.4 is 11.1 Å². The van der Waals surface area contributed by atoms with E-state index in [2.05, 4.69) is 41.5 Å². The van der Waals surface area contributed by atoms with E-state index in [0.29, 0.717) is 16.5 Å². The molecule has 18 heavy (non-hydrogen) atoms. The van der Waals surface area contributed by atoms with Crippen LogP contribution in [0.25, 0.3) is 0 Å². The monoisotopic (exact) mass is 261 g/mol. The van der Waals surface area contributed by atoms with Crippen LogP contribution in [0.4, 0.5) is 11.5 Å². The normalized spacial score (nSPS) is 10.3. The van der Waals surface area contributed by atoms with Gasteiger partial charge >= 0.3 is 0 Å². The maximum atomic E-state index is 5.82. The molecule has 4 heteroatoms. The van der Waals surface area contributed by atoms with Crippen molar-refractivity contribution in [2.24, 2.45) is 0 Å². The zero-order chi connectivity index (χ0) is 13.0. The van der Waals surface area contributed by atoms with E-state index in [-0.39, 0.29) is 0 Å². The lowest BCUT2D eigenvalue weighted by atomic mass is 10.1. The molecule has 2 aromatic rings. The van der Waals surface area contributed by atoms with Crippen LogP contribution in [-0.4, -0.2) is 11.5 Å². The highest BCUT2D eigenvalue weighted by molar-refractivity contribution is 6.30. The van der Waals surface area contributed by atoms with Gasteiger partial charge in [-0.3, -0.25) is 0 Å². The van der Waals surface area contributed by atoms with Crippen molar-refractivity contribution in [3.8, 4) is 0 Å². The molecular formula is C14H16ClN3. The number of anilines is 2. The van der Waals surface area contributed by atoms with Gasteiger partial charge in [0.05, 0.1) is 10.7 Å². The molecule has 0 aliphatic rings. The molecule has 0 saturated carbocycles. The first-order chi connectivity index (χ1) is 8.65. The third-order valence-corrected chi connectivity index (χ3v) is 2.88. The summed E-state index contributed by atoms with van der Waals surface area (Å²) in [6.45, 7) is 2.89. The van der Waals surface area contributed by atoms with Crippen LogP contribution in [-0.2, 0) is 6.42 Å². The first-order valence-corrected chi connectivity index (χ1v) is 6.23. The van der Waals surface area contributed by atoms with Crippen molar-refractivity contribution < 1.29 is 0 Å². The molecule has 0 aliphatic heterocycles. The Morgan fingerprint density at radius 2 is 2.17 bits per heavy atom. The number of nitrogens with one attached hydrogen (secondary N) is 1. The average Bonchev–Trinajstić information content (AvgIpc) is 2.32. The van der Waals surface area contributed by atoms with Gasteiger partial charge in [-0.2, -0.15) is 0 Å². The van der Waals surface area contributed by atoms with Gasteiger partial charge in [0.15, 0.2) is 0 Å². The summed E-state index contributed by atoms with van der Waals surface area (Å²) in [4.78, 5) is 4.16. The Labute approximate surface area is 112 Å². The largest absolute Gasteiger partial charge is 0.396 e. The molecule has 0 bridgehead atoms. The smallest absolute Gasteiger partial charge is 0.149 e. The summed E-state index contributed by atoms with van der Waals surface area (Å²) in [5, 5.41) is 3.77. The lowest BCUT2D eigenvalue weighted by molar-refractivity contribution is 1.00. The van der Waals surface area contributed by atoms with Gasteiger partial charge in [-0.15, -0.1) is 0 Å². The molecule has 1 aromatic heterocycles. The van der Waals surface area contributed by atoms with E-state index < -0.39 is 0 Å². The predicted octanol–water partition coefficient (Wildman–Crippen LogP) is 3.28. The highest BCUT2D eigenvalue weighted by Crippen LogP contribution is 2.19. The van der Waals surface area contributed by atoms with Gasteiger partial charge in [0.1, 0.15) is 5.82 Å². The number of benzene rings is 1. The Bertz CT molecular complexity index is 540. The van der Waals surface area contributed by atoms with E-state index in [4.69, 9.17) is 17.3 Å². The number of halogens is 1. The Hall–Kier alpha value is -1.74. The van der Waals surface area contributed by atoms with Crippen LogP contribution in [0.3, 0.4) is 0 Å². The molecule has 94 valence electrons. The quantitative estimate of drug-likeness (QED) is 0.888. The van der Waals surface area contributed by atoms with E-state index in [1.165, 1.54) is 11.1 Å². The molecule has 1 aromatic carbocycles. The predicted molar refractivity (Wildman–Crippen MR) is 77.0 cm³/mol. The van der Waals surface area contributed by atoms with Gasteiger partial charge in [0.25, 0.3) is 0 Å². The lowest BCUT2D eigenvalue weighted by Crippen LogP contribution is -2.08. The van der Waals surface area contributed by atoms with Crippen molar-refractivity contribution in [3.05, 3.63) is 52.7 Å². The van der Waals surface area contributed by atoms with Crippen molar-refractivity contribution in [2.75, 3.05) is 17.6 Å². The molecule has 3 N–H and O–H groups in total. The number of nitrogens with two attached hydrogens (primary N) is 1. The van der Waals surface area contributed by atoms with Gasteiger partial charge in [-0.25, -0.2) is 4.98 Å². The summed E-state index contributed by atoms with van der Waals surface area (Å²) in [6.07, 6.45) is 2.53. The highest BCUT2D eigenvalue weighted by atomic mass is 35.5. The fourth-order valence-electron chi connectivity index (χ4n) is 1.80. The number of nitrogen functional groups attached to an aromatic ring is 1. The van der Waals surface area contributed by atoms with Crippen LogP contribution in [0, 0.1) is 6.92 Å². The van der Waals surface area contributed by atoms with E-state index in [1.807, 2.05) is 0 Å². The molecule has 3 nitrogen and oxygen atoms in total. The summed E-state index contributed by atoms with van der Waals surface area (Å²) < 4.78 is 0. The molecule has 0 unspecified atom stereocenters. The Kier molecular flexibility index (Phi) is 4.05. The second kappa shape index (κ2) is 5.74. The van der Waals surface area contributed by atoms with Crippen LogP contribution >= 0.6 is 11.6 Å². The molecule has 0 amide bonds. The van der Waals surface area contributed by atoms with Crippen molar-refractivity contribution in [1.82, 2.24) is 4.98 Å². The first-order valence-electron chi connectivity index (χ1n) is 5.85. The molecule has 1 heterocycles. The van der Waals surface area contributed by atoms with Crippen LogP contribution in [0.15, 0.2) is 36.5 Å². The third-order valence-electron chi connectivity index (χ3n) is 2.67. The number of nitrogens with zero attached hydrogens (tertiary/aromatic N) is 1. The first kappa shape index (κ1) is 12.7. The summed E-state index contributed by atoms with van der Waals surface area (Å²) >= 11 is 5.79. The molecule has 0 radical (unpaired) electrons. The second-order valence-electron chi connectivity index (χ2n) is 4.26. The molecule has 0 spiro atoms. The Morgan fingerprint density at radius 3 is 2.89 bits per heavy atom. The van der Waals surface area contributed by atoms with E-state index in [1.54, 1.807) is 12.3 Å². The number of hydrogen-bond donors (Lipinski definition) is 2. The summed E-state index contributed by atoms with van der Waals surface area (Å²) in [7, 11) is 0. The van der Waals surface area contributed by atoms with Crippen molar-refractivity contribution in [3.63, 3.8) is 0 Å². The number of pyridine rings is 1. The molecule has 0 atom stereocenters. The number of aryl methyl sites for hydroxylation is 1. The van der Waals surface area contributed by atoms with Crippen molar-refractivity contribution in [2.45, 2.75) is 13.3 Å². The van der Waals surface area contributed by atoms with E-state index in [9.17, 15) is 0 Å². The lowest BCUT2D eigenvalue weighted by Gasteiger charge is -2.08. The Morgan fingerprint density at radius 1 is 1.33 bits per heavy atom. The summed E-state index contributed by atoms with van der Waals surface area (Å²) in [5.74, 6) is 0.687. The minimum absolute atomic E-state index is 0.553. The number of rotatable bonds is 4. The molecule has 0 aliphatic carbocycles. The zero-order valence-corrected chi connectivity index (χ0v) is 11.0. The van der Waals surface area contributed by atoms with Crippen molar-refractivity contribution >= 4 is 23.1 Å². The van der Waals surface area contributed by atoms with Gasteiger partial charge in [-0.1, -0.05) is 41.4 Å². The van der Waals surface area contributed by atoms with Crippen molar-refractivity contribution in [1.29, 1.82) is 0 Å². The number of aromatic nitrogens is 1. The Balaban J connectivity index is 1.92. The minimum atomic E-state index is 0.553. The zero-order valence-electron chi connectivity index (χ0n) is 10.3. The molecular weight excluding hydrogens is 246 g/mol. The van der Waals surface area contributed by atoms with Crippen LogP contribution in [0.2, 0.25) is 5.02 Å². The maximum absolute atomic E-state index is 5.82. The average molecular weight is 262 g/mol. The summed E-state index contributed by atoms with van der Waals surface area (Å²) in [6, 6.07) is 10.2. The maximum Gasteiger partial charge on any atom is 0.149 e. The third kappa shape index (κ3) is 3.37.